The third-order valence-corrected chi connectivity index (χ3v) is 14.0. The maximum Gasteiger partial charge on any atom is 0.311 e. The number of rotatable bonds is 13. The van der Waals surface area contributed by atoms with Crippen LogP contribution in [0.2, 0.25) is 0 Å². The van der Waals surface area contributed by atoms with Gasteiger partial charge < -0.3 is 67.8 Å². The second-order valence-electron chi connectivity index (χ2n) is 19.6. The molecule has 0 aliphatic carbocycles. The predicted octanol–water partition coefficient (Wildman–Crippen LogP) is 3.45. The minimum atomic E-state index is -1.11. The van der Waals surface area contributed by atoms with Crippen LogP contribution in [0.15, 0.2) is 30.5 Å². The van der Waals surface area contributed by atoms with Crippen LogP contribution in [-0.2, 0) is 49.3 Å². The number of cyclic esters (lactones) is 1. The summed E-state index contributed by atoms with van der Waals surface area (Å²) in [6.45, 7) is 16.0. The van der Waals surface area contributed by atoms with Crippen LogP contribution in [0.5, 0.6) is 5.75 Å². The monoisotopic (exact) mass is 922 g/mol. The number of hydrogen-bond donors (Lipinski definition) is 3. The highest BCUT2D eigenvalue weighted by molar-refractivity contribution is 5.73. The molecular formula is C47H79N5O13. The first-order valence-electron chi connectivity index (χ1n) is 23.1. The van der Waals surface area contributed by atoms with Gasteiger partial charge in [0, 0.05) is 51.8 Å². The van der Waals surface area contributed by atoms with Crippen LogP contribution < -0.4 is 4.74 Å². The van der Waals surface area contributed by atoms with Gasteiger partial charge in [0.25, 0.3) is 0 Å². The van der Waals surface area contributed by atoms with E-state index in [4.69, 9.17) is 42.6 Å². The van der Waals surface area contributed by atoms with Crippen LogP contribution in [0.1, 0.15) is 80.3 Å². The lowest BCUT2D eigenvalue weighted by Gasteiger charge is -2.49. The van der Waals surface area contributed by atoms with Crippen molar-refractivity contribution < 1.29 is 62.7 Å². The number of likely N-dealkylation sites (N-methyl/N-ethyl adjacent to an activating group) is 2. The molecule has 3 saturated heterocycles. The van der Waals surface area contributed by atoms with Gasteiger partial charge in [0.05, 0.1) is 79.8 Å². The van der Waals surface area contributed by atoms with Gasteiger partial charge in [-0.25, -0.2) is 4.68 Å². The summed E-state index contributed by atoms with van der Waals surface area (Å²) in [6.07, 6.45) is -5.31. The van der Waals surface area contributed by atoms with E-state index in [0.29, 0.717) is 37.4 Å². The minimum Gasteiger partial charge on any atom is -0.497 e. The number of hydrogen-bond acceptors (Lipinski definition) is 17. The molecule has 370 valence electrons. The highest BCUT2D eigenvalue weighted by atomic mass is 16.7. The third kappa shape index (κ3) is 13.0. The van der Waals surface area contributed by atoms with E-state index in [9.17, 15) is 20.1 Å². The summed E-state index contributed by atoms with van der Waals surface area (Å²) in [4.78, 5) is 18.7. The molecule has 3 N–H and O–H groups in total. The maximum atomic E-state index is 14.7. The average molecular weight is 922 g/mol. The number of carbonyl (C=O) groups excluding carboxylic acids is 1. The molecule has 2 aromatic rings. The fraction of sp³-hybridized carbons (Fsp3) is 0.809. The van der Waals surface area contributed by atoms with E-state index in [1.807, 2.05) is 89.8 Å². The molecular weight excluding hydrogens is 843 g/mol. The van der Waals surface area contributed by atoms with Crippen molar-refractivity contribution in [2.24, 2.45) is 23.7 Å². The number of methoxy groups -OCH3 is 3. The SMILES string of the molecule is COc1cccc(-n2cc(COC[C@@H]3CN(C)C[C@@H](C)[C@@H](O)[C@H](C)C[C@@](C)(OC)[C@H](O[C@@H]4O[C@H](C)C[C@H](N(C)C)[C@H]4O)[C@@H](C)[C@H](O[C@H]4C[C@@](C)(OC)[C@@H](O)[C@H](C)O4)[C@@H](C)C(=O)O3)nn2)c1. The van der Waals surface area contributed by atoms with Crippen LogP contribution in [0.4, 0.5) is 0 Å². The van der Waals surface area contributed by atoms with E-state index < -0.39 is 84.3 Å². The van der Waals surface area contributed by atoms with Crippen LogP contribution in [0.3, 0.4) is 0 Å². The second-order valence-corrected chi connectivity index (χ2v) is 19.6. The summed E-state index contributed by atoms with van der Waals surface area (Å²) in [5, 5.41) is 43.4. The first kappa shape index (κ1) is 53.1. The summed E-state index contributed by atoms with van der Waals surface area (Å²) in [5.41, 5.74) is -0.781. The molecule has 4 heterocycles. The molecule has 17 atom stereocenters. The molecule has 1 aromatic heterocycles. The number of benzene rings is 1. The van der Waals surface area contributed by atoms with Gasteiger partial charge in [-0.3, -0.25) is 4.79 Å². The molecule has 0 spiro atoms. The van der Waals surface area contributed by atoms with E-state index in [2.05, 4.69) is 10.3 Å². The Morgan fingerprint density at radius 3 is 2.28 bits per heavy atom. The molecule has 18 heteroatoms. The molecule has 3 fully saturated rings. The minimum absolute atomic E-state index is 0.0339. The van der Waals surface area contributed by atoms with Crippen LogP contribution in [-0.4, -0.2) is 187 Å². The second kappa shape index (κ2) is 23.0. The number of aromatic nitrogens is 3. The fourth-order valence-electron chi connectivity index (χ4n) is 9.99. The Bertz CT molecular complexity index is 1790. The van der Waals surface area contributed by atoms with Crippen LogP contribution in [0, 0.1) is 23.7 Å². The first-order chi connectivity index (χ1) is 30.6. The zero-order valence-electron chi connectivity index (χ0n) is 41.2. The lowest BCUT2D eigenvalue weighted by Crippen LogP contribution is -2.61. The smallest absolute Gasteiger partial charge is 0.311 e. The molecule has 3 aliphatic heterocycles. The topological polar surface area (TPSA) is 198 Å². The quantitative estimate of drug-likeness (QED) is 0.247. The van der Waals surface area contributed by atoms with Gasteiger partial charge in [-0.1, -0.05) is 32.1 Å². The number of ether oxygens (including phenoxy) is 9. The molecule has 3 aliphatic rings. The van der Waals surface area contributed by atoms with Gasteiger partial charge in [0.1, 0.15) is 29.8 Å². The van der Waals surface area contributed by atoms with Crippen molar-refractivity contribution in [2.75, 3.05) is 62.2 Å². The standard InChI is InChI=1S/C47H79N5O13/c1-27-20-47(8,59-14)43(65-45-40(54)37(50(9)10)18-29(3)61-45)30(4)41(64-38-21-46(7,58-13)42(55)32(6)62-38)31(5)44(56)63-36(24-51(11)22-28(2)39(27)53)26-60-25-33-23-52(49-48-33)34-16-15-17-35(19-34)57-12/h15-17,19,23,27-32,36-43,45,53-55H,18,20-22,24-26H2,1-14H3/t27-,28-,29-,30+,31-,32+,36+,37+,38+,39+,40-,41+,42+,43-,45+,46-,47-/m1/s1. The lowest BCUT2D eigenvalue weighted by molar-refractivity contribution is -0.319. The van der Waals surface area contributed by atoms with Crippen LogP contribution in [0.25, 0.3) is 5.69 Å². The Morgan fingerprint density at radius 1 is 0.908 bits per heavy atom. The van der Waals surface area contributed by atoms with Gasteiger partial charge in [0.2, 0.25) is 0 Å². The van der Waals surface area contributed by atoms with Crippen molar-refractivity contribution in [3.05, 3.63) is 36.2 Å². The Balaban J connectivity index is 1.50. The number of esters is 1. The van der Waals surface area contributed by atoms with E-state index in [1.165, 1.54) is 7.11 Å². The molecule has 1 aromatic carbocycles. The van der Waals surface area contributed by atoms with E-state index in [-0.39, 0.29) is 43.6 Å². The molecule has 0 amide bonds. The highest BCUT2D eigenvalue weighted by Crippen LogP contribution is 2.41. The largest absolute Gasteiger partial charge is 0.497 e. The molecule has 65 heavy (non-hydrogen) atoms. The zero-order valence-corrected chi connectivity index (χ0v) is 41.2. The van der Waals surface area contributed by atoms with E-state index >= 15 is 0 Å². The van der Waals surface area contributed by atoms with Crippen molar-refractivity contribution in [3.8, 4) is 11.4 Å². The van der Waals surface area contributed by atoms with Gasteiger partial charge in [0.15, 0.2) is 12.6 Å². The van der Waals surface area contributed by atoms with Crippen molar-refractivity contribution in [2.45, 2.75) is 160 Å². The Labute approximate surface area is 386 Å². The zero-order chi connectivity index (χ0) is 48.0. The number of aliphatic hydroxyl groups is 3. The molecule has 5 rings (SSSR count). The molecule has 0 saturated carbocycles. The summed E-state index contributed by atoms with van der Waals surface area (Å²) < 4.78 is 58.4. The maximum absolute atomic E-state index is 14.7. The Hall–Kier alpha value is -2.85. The average Bonchev–Trinajstić information content (AvgIpc) is 3.75. The van der Waals surface area contributed by atoms with Gasteiger partial charge >= 0.3 is 5.97 Å². The Morgan fingerprint density at radius 2 is 1.62 bits per heavy atom. The summed E-state index contributed by atoms with van der Waals surface area (Å²) >= 11 is 0. The molecule has 0 bridgehead atoms. The van der Waals surface area contributed by atoms with Crippen molar-refractivity contribution in [3.63, 3.8) is 0 Å². The van der Waals surface area contributed by atoms with Gasteiger partial charge in [-0.2, -0.15) is 0 Å². The normalized spacial score (nSPS) is 39.7. The van der Waals surface area contributed by atoms with Crippen molar-refractivity contribution >= 4 is 5.97 Å². The van der Waals surface area contributed by atoms with Gasteiger partial charge in [-0.05, 0) is 92.6 Å². The van der Waals surface area contributed by atoms with Gasteiger partial charge in [-0.15, -0.1) is 5.10 Å². The fourth-order valence-corrected chi connectivity index (χ4v) is 9.99. The van der Waals surface area contributed by atoms with Crippen molar-refractivity contribution in [1.29, 1.82) is 0 Å². The highest BCUT2D eigenvalue weighted by Gasteiger charge is 2.52. The number of nitrogens with zero attached hydrogens (tertiary/aromatic N) is 5. The van der Waals surface area contributed by atoms with Crippen molar-refractivity contribution in [1.82, 2.24) is 24.8 Å². The predicted molar refractivity (Wildman–Crippen MR) is 240 cm³/mol. The van der Waals surface area contributed by atoms with Crippen LogP contribution >= 0.6 is 0 Å². The molecule has 0 radical (unpaired) electrons. The summed E-state index contributed by atoms with van der Waals surface area (Å²) in [7, 11) is 10.5. The number of carbonyl (C=O) groups is 1. The first-order valence-corrected chi connectivity index (χ1v) is 23.1. The van der Waals surface area contributed by atoms with E-state index in [1.54, 1.807) is 45.9 Å². The summed E-state index contributed by atoms with van der Waals surface area (Å²) in [5.74, 6) is -1.93. The molecule has 0 unspecified atom stereocenters. The summed E-state index contributed by atoms with van der Waals surface area (Å²) in [6, 6.07) is 7.20. The lowest BCUT2D eigenvalue weighted by atomic mass is 9.75. The number of aliphatic hydroxyl groups excluding tert-OH is 3. The van der Waals surface area contributed by atoms with E-state index in [0.717, 1.165) is 5.69 Å². The molecule has 18 nitrogen and oxygen atoms in total. The third-order valence-electron chi connectivity index (χ3n) is 14.0. The Kier molecular flexibility index (Phi) is 18.8.